The number of para-hydroxylation sites is 1. The van der Waals surface area contributed by atoms with Crippen molar-refractivity contribution in [2.24, 2.45) is 0 Å². The minimum Gasteiger partial charge on any atom is -0.321 e. The van der Waals surface area contributed by atoms with E-state index in [1.807, 2.05) is 77.6 Å². The molecular formula is C19H14N4O2. The zero-order valence-electron chi connectivity index (χ0n) is 13.2. The fraction of sp³-hybridized carbons (Fsp3) is 0. The number of H-pyrrole nitrogens is 1. The molecule has 0 bridgehead atoms. The number of rotatable bonds is 4. The molecule has 4 aromatic rings. The van der Waals surface area contributed by atoms with Gasteiger partial charge in [0.15, 0.2) is 5.82 Å². The van der Waals surface area contributed by atoms with E-state index in [2.05, 4.69) is 14.7 Å². The van der Waals surface area contributed by atoms with Crippen LogP contribution in [0.15, 0.2) is 76.2 Å². The highest BCUT2D eigenvalue weighted by Gasteiger charge is 2.10. The van der Waals surface area contributed by atoms with Crippen LogP contribution in [0.2, 0.25) is 0 Å². The summed E-state index contributed by atoms with van der Waals surface area (Å²) in [6.45, 7) is 0. The van der Waals surface area contributed by atoms with Gasteiger partial charge in [0.25, 0.3) is 0 Å². The van der Waals surface area contributed by atoms with Crippen LogP contribution in [0.5, 0.6) is 0 Å². The summed E-state index contributed by atoms with van der Waals surface area (Å²) < 4.78 is 6.41. The number of benzene rings is 2. The van der Waals surface area contributed by atoms with Crippen LogP contribution < -0.4 is 5.76 Å². The molecule has 0 amide bonds. The molecule has 0 aliphatic rings. The van der Waals surface area contributed by atoms with Gasteiger partial charge in [-0.05, 0) is 24.3 Å². The Morgan fingerprint density at radius 1 is 0.960 bits per heavy atom. The fourth-order valence-electron chi connectivity index (χ4n) is 2.52. The first-order valence-electron chi connectivity index (χ1n) is 7.74. The average molecular weight is 330 g/mol. The topological polar surface area (TPSA) is 76.7 Å². The lowest BCUT2D eigenvalue weighted by molar-refractivity contribution is 0.385. The molecule has 6 heteroatoms. The van der Waals surface area contributed by atoms with Crippen LogP contribution in [0, 0.1) is 0 Å². The second-order valence-corrected chi connectivity index (χ2v) is 5.38. The summed E-state index contributed by atoms with van der Waals surface area (Å²) in [5.41, 5.74) is 3.71. The van der Waals surface area contributed by atoms with Gasteiger partial charge in [-0.2, -0.15) is 15.2 Å². The maximum atomic E-state index is 11.0. The van der Waals surface area contributed by atoms with Gasteiger partial charge < -0.3 is 4.52 Å². The van der Waals surface area contributed by atoms with E-state index in [0.29, 0.717) is 5.82 Å². The van der Waals surface area contributed by atoms with Gasteiger partial charge in [0.1, 0.15) is 0 Å². The van der Waals surface area contributed by atoms with Gasteiger partial charge in [-0.1, -0.05) is 48.5 Å². The maximum absolute atomic E-state index is 11.0. The highest BCUT2D eigenvalue weighted by atomic mass is 16.5. The van der Waals surface area contributed by atoms with Gasteiger partial charge in [-0.25, -0.2) is 9.48 Å². The number of aromatic nitrogens is 4. The van der Waals surface area contributed by atoms with Crippen LogP contribution >= 0.6 is 0 Å². The molecule has 2 heterocycles. The molecule has 25 heavy (non-hydrogen) atoms. The zero-order chi connectivity index (χ0) is 17.1. The lowest BCUT2D eigenvalue weighted by Gasteiger charge is -2.00. The molecule has 0 saturated carbocycles. The van der Waals surface area contributed by atoms with Crippen LogP contribution in [-0.4, -0.2) is 19.9 Å². The van der Waals surface area contributed by atoms with Crippen molar-refractivity contribution in [3.8, 4) is 16.9 Å². The summed E-state index contributed by atoms with van der Waals surface area (Å²) in [6, 6.07) is 19.8. The fourth-order valence-corrected chi connectivity index (χ4v) is 2.52. The second-order valence-electron chi connectivity index (χ2n) is 5.38. The highest BCUT2D eigenvalue weighted by molar-refractivity contribution is 5.77. The summed E-state index contributed by atoms with van der Waals surface area (Å²) in [5, 5.41) is 7.18. The Morgan fingerprint density at radius 2 is 1.68 bits per heavy atom. The Labute approximate surface area is 143 Å². The van der Waals surface area contributed by atoms with E-state index < -0.39 is 5.76 Å². The lowest BCUT2D eigenvalue weighted by atomic mass is 10.1. The van der Waals surface area contributed by atoms with Gasteiger partial charge in [0, 0.05) is 17.3 Å². The molecule has 0 radical (unpaired) electrons. The monoisotopic (exact) mass is 330 g/mol. The molecule has 0 saturated heterocycles. The van der Waals surface area contributed by atoms with Gasteiger partial charge in [0.2, 0.25) is 0 Å². The normalized spacial score (nSPS) is 11.2. The van der Waals surface area contributed by atoms with Crippen molar-refractivity contribution < 1.29 is 4.52 Å². The van der Waals surface area contributed by atoms with E-state index in [1.165, 1.54) is 0 Å². The van der Waals surface area contributed by atoms with E-state index in [0.717, 1.165) is 22.5 Å². The third kappa shape index (κ3) is 3.18. The second kappa shape index (κ2) is 6.45. The zero-order valence-corrected chi connectivity index (χ0v) is 13.2. The molecule has 2 aromatic heterocycles. The van der Waals surface area contributed by atoms with Crippen LogP contribution in [0.25, 0.3) is 29.1 Å². The van der Waals surface area contributed by atoms with Crippen LogP contribution in [0.3, 0.4) is 0 Å². The Bertz CT molecular complexity index is 1060. The lowest BCUT2D eigenvalue weighted by Crippen LogP contribution is -1.94. The van der Waals surface area contributed by atoms with Crippen molar-refractivity contribution in [2.75, 3.05) is 0 Å². The third-order valence-electron chi connectivity index (χ3n) is 3.69. The Morgan fingerprint density at radius 3 is 2.36 bits per heavy atom. The standard InChI is InChI=1S/C19H14N4O2/c24-19-20-17(22-25-19)12-11-15-13-23(16-9-5-2-6-10-16)21-18(15)14-7-3-1-4-8-14/h1-13H,(H,20,22,24). The Balaban J connectivity index is 1.79. The molecule has 0 aliphatic carbocycles. The minimum absolute atomic E-state index is 0.358. The van der Waals surface area contributed by atoms with Crippen molar-refractivity contribution in [1.29, 1.82) is 0 Å². The van der Waals surface area contributed by atoms with Crippen molar-refractivity contribution in [3.05, 3.63) is 88.8 Å². The molecule has 4 rings (SSSR count). The van der Waals surface area contributed by atoms with E-state index in [1.54, 1.807) is 6.08 Å². The first kappa shape index (κ1) is 14.9. The number of nitrogens with one attached hydrogen (secondary N) is 1. The summed E-state index contributed by atoms with van der Waals surface area (Å²) in [7, 11) is 0. The summed E-state index contributed by atoms with van der Waals surface area (Å²) in [6.07, 6.45) is 5.47. The number of aromatic amines is 1. The smallest absolute Gasteiger partial charge is 0.321 e. The third-order valence-corrected chi connectivity index (χ3v) is 3.69. The minimum atomic E-state index is -0.650. The van der Waals surface area contributed by atoms with Crippen molar-refractivity contribution in [3.63, 3.8) is 0 Å². The average Bonchev–Trinajstić information content (AvgIpc) is 3.28. The predicted octanol–water partition coefficient (Wildman–Crippen LogP) is 3.39. The maximum Gasteiger partial charge on any atom is 0.459 e. The number of hydrogen-bond acceptors (Lipinski definition) is 4. The first-order chi connectivity index (χ1) is 12.3. The van der Waals surface area contributed by atoms with Crippen LogP contribution in [-0.2, 0) is 0 Å². The summed E-state index contributed by atoms with van der Waals surface area (Å²) in [4.78, 5) is 14.7. The van der Waals surface area contributed by atoms with Gasteiger partial charge in [0.05, 0.1) is 11.4 Å². The molecule has 0 aliphatic heterocycles. The predicted molar refractivity (Wildman–Crippen MR) is 95.1 cm³/mol. The van der Waals surface area contributed by atoms with Gasteiger partial charge >= 0.3 is 5.76 Å². The van der Waals surface area contributed by atoms with E-state index in [9.17, 15) is 4.79 Å². The van der Waals surface area contributed by atoms with E-state index in [4.69, 9.17) is 5.10 Å². The number of hydrogen-bond donors (Lipinski definition) is 1. The molecule has 2 aromatic carbocycles. The molecule has 0 unspecified atom stereocenters. The largest absolute Gasteiger partial charge is 0.459 e. The Hall–Kier alpha value is -3.67. The quantitative estimate of drug-likeness (QED) is 0.622. The molecule has 0 atom stereocenters. The SMILES string of the molecule is O=c1nc(C=Cc2cn(-c3ccccc3)nc2-c2ccccc2)[nH]o1. The molecule has 1 N–H and O–H groups in total. The molecule has 0 fully saturated rings. The summed E-state index contributed by atoms with van der Waals surface area (Å²) >= 11 is 0. The van der Waals surface area contributed by atoms with E-state index >= 15 is 0 Å². The van der Waals surface area contributed by atoms with Gasteiger partial charge in [-0.3, -0.25) is 0 Å². The van der Waals surface area contributed by atoms with Crippen LogP contribution in [0.4, 0.5) is 0 Å². The molecular weight excluding hydrogens is 316 g/mol. The van der Waals surface area contributed by atoms with Crippen LogP contribution in [0.1, 0.15) is 11.4 Å². The highest BCUT2D eigenvalue weighted by Crippen LogP contribution is 2.25. The summed E-state index contributed by atoms with van der Waals surface area (Å²) in [5.74, 6) is -0.292. The van der Waals surface area contributed by atoms with Crippen molar-refractivity contribution >= 4 is 12.2 Å². The van der Waals surface area contributed by atoms with Crippen molar-refractivity contribution in [2.45, 2.75) is 0 Å². The number of nitrogens with zero attached hydrogens (tertiary/aromatic N) is 3. The molecule has 122 valence electrons. The first-order valence-corrected chi connectivity index (χ1v) is 7.74. The Kier molecular flexibility index (Phi) is 3.84. The molecule has 0 spiro atoms. The van der Waals surface area contributed by atoms with Gasteiger partial charge in [-0.15, -0.1) is 0 Å². The van der Waals surface area contributed by atoms with E-state index in [-0.39, 0.29) is 0 Å². The molecule has 6 nitrogen and oxygen atoms in total. The van der Waals surface area contributed by atoms with Crippen molar-refractivity contribution in [1.82, 2.24) is 19.9 Å².